The lowest BCUT2D eigenvalue weighted by Crippen LogP contribution is -2.28. The molecule has 20 heavy (non-hydrogen) atoms. The number of rotatable bonds is 5. The molecule has 0 unspecified atom stereocenters. The minimum absolute atomic E-state index is 0.830. The summed E-state index contributed by atoms with van der Waals surface area (Å²) in [5, 5.41) is 0. The van der Waals surface area contributed by atoms with Crippen LogP contribution in [-0.2, 0) is 4.12 Å². The molecule has 0 heterocycles. The fourth-order valence-electron chi connectivity index (χ4n) is 2.07. The Morgan fingerprint density at radius 3 is 1.80 bits per heavy atom. The van der Waals surface area contributed by atoms with E-state index in [0.29, 0.717) is 0 Å². The van der Waals surface area contributed by atoms with Gasteiger partial charge in [0, 0.05) is 0 Å². The highest BCUT2D eigenvalue weighted by atomic mass is 28.4. The number of hydrogen-bond acceptors (Lipinski definition) is 1. The van der Waals surface area contributed by atoms with Gasteiger partial charge in [0.1, 0.15) is 10.5 Å². The van der Waals surface area contributed by atoms with E-state index in [1.807, 2.05) is 0 Å². The molecular formula is C17H22OSi2. The van der Waals surface area contributed by atoms with Crippen molar-refractivity contribution in [3.05, 3.63) is 77.9 Å². The lowest BCUT2D eigenvalue weighted by Gasteiger charge is -2.19. The molecule has 0 aliphatic rings. The van der Waals surface area contributed by atoms with Crippen molar-refractivity contribution in [3.63, 3.8) is 0 Å². The van der Waals surface area contributed by atoms with Crippen LogP contribution in [0.4, 0.5) is 0 Å². The zero-order valence-corrected chi connectivity index (χ0v) is 15.5. The van der Waals surface area contributed by atoms with E-state index < -0.39 is 8.32 Å². The normalized spacial score (nSPS) is 11.3. The zero-order valence-electron chi connectivity index (χ0n) is 12.5. The zero-order chi connectivity index (χ0) is 14.4. The highest BCUT2D eigenvalue weighted by Gasteiger charge is 2.18. The topological polar surface area (TPSA) is 9.23 Å². The molecule has 0 radical (unpaired) electrons. The van der Waals surface area contributed by atoms with Crippen molar-refractivity contribution in [2.45, 2.75) is 19.1 Å². The first kappa shape index (κ1) is 15.0. The third kappa shape index (κ3) is 4.03. The Labute approximate surface area is 126 Å². The summed E-state index contributed by atoms with van der Waals surface area (Å²) in [5.41, 5.74) is 3.86. The van der Waals surface area contributed by atoms with Crippen LogP contribution < -0.4 is 0 Å². The van der Waals surface area contributed by atoms with Crippen LogP contribution in [0.2, 0.25) is 19.1 Å². The Hall–Kier alpha value is -1.43. The van der Waals surface area contributed by atoms with Crippen molar-refractivity contribution < 1.29 is 4.12 Å². The van der Waals surface area contributed by atoms with Gasteiger partial charge in [-0.2, -0.15) is 0 Å². The molecule has 0 N–H and O–H groups in total. The molecule has 0 spiro atoms. The minimum atomic E-state index is -1.52. The Bertz CT molecular complexity index is 521. The molecule has 0 saturated heterocycles. The maximum Gasteiger partial charge on any atom is 0.176 e. The molecule has 3 heteroatoms. The van der Waals surface area contributed by atoms with E-state index in [1.165, 1.54) is 16.7 Å². The molecule has 0 aromatic heterocycles. The van der Waals surface area contributed by atoms with Gasteiger partial charge in [-0.1, -0.05) is 66.7 Å². The maximum absolute atomic E-state index is 5.79. The molecule has 0 fully saturated rings. The van der Waals surface area contributed by atoms with Gasteiger partial charge in [0.05, 0.1) is 0 Å². The molecule has 0 aliphatic carbocycles. The SMILES string of the molecule is C[Si](C)(CC=C(c1ccccc1)c1ccccc1)O[SiH3]. The van der Waals surface area contributed by atoms with Crippen molar-refractivity contribution in [2.24, 2.45) is 0 Å². The van der Waals surface area contributed by atoms with E-state index in [-0.39, 0.29) is 0 Å². The predicted molar refractivity (Wildman–Crippen MR) is 93.3 cm³/mol. The average molecular weight is 299 g/mol. The summed E-state index contributed by atoms with van der Waals surface area (Å²) in [4.78, 5) is 0. The summed E-state index contributed by atoms with van der Waals surface area (Å²) in [6.45, 7) is 4.56. The summed E-state index contributed by atoms with van der Waals surface area (Å²) in [6, 6.07) is 22.3. The first-order valence-corrected chi connectivity index (χ1v) is 10.9. The minimum Gasteiger partial charge on any atom is -0.463 e. The highest BCUT2D eigenvalue weighted by Crippen LogP contribution is 2.25. The summed E-state index contributed by atoms with van der Waals surface area (Å²) in [7, 11) is -0.690. The second-order valence-electron chi connectivity index (χ2n) is 5.52. The summed E-state index contributed by atoms with van der Waals surface area (Å²) >= 11 is 0. The standard InChI is InChI=1S/C17H22OSi2/c1-20(2,18-19)14-13-17(15-9-5-3-6-10-15)16-11-7-4-8-12-16/h3-13H,14H2,1-2,19H3. The summed E-state index contributed by atoms with van der Waals surface area (Å²) in [6.07, 6.45) is 2.36. The van der Waals surface area contributed by atoms with E-state index >= 15 is 0 Å². The number of hydrogen-bond donors (Lipinski definition) is 0. The first-order chi connectivity index (χ1) is 9.62. The molecular weight excluding hydrogens is 276 g/mol. The van der Waals surface area contributed by atoms with Crippen LogP contribution in [0.15, 0.2) is 66.7 Å². The van der Waals surface area contributed by atoms with Gasteiger partial charge in [-0.3, -0.25) is 0 Å². The van der Waals surface area contributed by atoms with Crippen LogP contribution in [0.3, 0.4) is 0 Å². The highest BCUT2D eigenvalue weighted by molar-refractivity contribution is 6.74. The third-order valence-corrected chi connectivity index (χ3v) is 9.13. The van der Waals surface area contributed by atoms with Gasteiger partial charge in [0.15, 0.2) is 8.32 Å². The Balaban J connectivity index is 2.38. The molecule has 104 valence electrons. The molecule has 0 saturated carbocycles. The second-order valence-corrected chi connectivity index (χ2v) is 11.1. The van der Waals surface area contributed by atoms with Gasteiger partial charge in [0.2, 0.25) is 0 Å². The Morgan fingerprint density at radius 1 is 0.950 bits per heavy atom. The Kier molecular flexibility index (Phi) is 5.12. The van der Waals surface area contributed by atoms with Crippen LogP contribution in [0, 0.1) is 0 Å². The number of allylic oxidation sites excluding steroid dienone is 1. The average Bonchev–Trinajstić information content (AvgIpc) is 2.49. The largest absolute Gasteiger partial charge is 0.463 e. The Morgan fingerprint density at radius 2 is 1.40 bits per heavy atom. The van der Waals surface area contributed by atoms with Gasteiger partial charge in [-0.25, -0.2) is 0 Å². The van der Waals surface area contributed by atoms with Crippen LogP contribution in [0.25, 0.3) is 5.57 Å². The van der Waals surface area contributed by atoms with Crippen molar-refractivity contribution >= 4 is 24.4 Å². The van der Waals surface area contributed by atoms with E-state index in [9.17, 15) is 0 Å². The molecule has 1 nitrogen and oxygen atoms in total. The quantitative estimate of drug-likeness (QED) is 0.766. The van der Waals surface area contributed by atoms with E-state index in [1.54, 1.807) is 0 Å². The predicted octanol–water partition coefficient (Wildman–Crippen LogP) is 3.62. The van der Waals surface area contributed by atoms with E-state index in [2.05, 4.69) is 79.8 Å². The first-order valence-electron chi connectivity index (χ1n) is 6.98. The van der Waals surface area contributed by atoms with Gasteiger partial charge >= 0.3 is 0 Å². The van der Waals surface area contributed by atoms with Crippen LogP contribution in [0.5, 0.6) is 0 Å². The molecule has 0 amide bonds. The summed E-state index contributed by atoms with van der Waals surface area (Å²) < 4.78 is 5.79. The van der Waals surface area contributed by atoms with Gasteiger partial charge < -0.3 is 4.12 Å². The van der Waals surface area contributed by atoms with Crippen molar-refractivity contribution in [3.8, 4) is 0 Å². The van der Waals surface area contributed by atoms with Crippen LogP contribution in [-0.4, -0.2) is 18.8 Å². The van der Waals surface area contributed by atoms with Gasteiger partial charge in [-0.15, -0.1) is 0 Å². The number of benzene rings is 2. The van der Waals surface area contributed by atoms with Crippen LogP contribution >= 0.6 is 0 Å². The van der Waals surface area contributed by atoms with Crippen molar-refractivity contribution in [2.75, 3.05) is 0 Å². The van der Waals surface area contributed by atoms with E-state index in [4.69, 9.17) is 4.12 Å². The molecule has 2 aromatic carbocycles. The van der Waals surface area contributed by atoms with Crippen molar-refractivity contribution in [1.82, 2.24) is 0 Å². The van der Waals surface area contributed by atoms with Gasteiger partial charge in [-0.05, 0) is 35.8 Å². The molecule has 2 rings (SSSR count). The second kappa shape index (κ2) is 6.84. The maximum atomic E-state index is 5.79. The smallest absolute Gasteiger partial charge is 0.176 e. The molecule has 2 aromatic rings. The molecule has 0 atom stereocenters. The molecule has 0 aliphatic heterocycles. The lowest BCUT2D eigenvalue weighted by molar-refractivity contribution is 0.613. The van der Waals surface area contributed by atoms with Crippen molar-refractivity contribution in [1.29, 1.82) is 0 Å². The monoisotopic (exact) mass is 298 g/mol. The fraction of sp³-hybridized carbons (Fsp3) is 0.176. The molecule has 0 bridgehead atoms. The summed E-state index contributed by atoms with van der Waals surface area (Å²) in [5.74, 6) is 0. The van der Waals surface area contributed by atoms with E-state index in [0.717, 1.165) is 16.5 Å². The lowest BCUT2D eigenvalue weighted by atomic mass is 9.98. The fourth-order valence-corrected chi connectivity index (χ4v) is 3.43. The van der Waals surface area contributed by atoms with Gasteiger partial charge in [0.25, 0.3) is 0 Å². The third-order valence-electron chi connectivity index (χ3n) is 3.52. The van der Waals surface area contributed by atoms with Crippen LogP contribution in [0.1, 0.15) is 11.1 Å².